The van der Waals surface area contributed by atoms with Gasteiger partial charge in [-0.3, -0.25) is 0 Å². The van der Waals surface area contributed by atoms with Gasteiger partial charge in [0, 0.05) is 24.7 Å². The average Bonchev–Trinajstić information content (AvgIpc) is 2.46. The third-order valence-corrected chi connectivity index (χ3v) is 2.66. The Morgan fingerprint density at radius 3 is 2.86 bits per heavy atom. The van der Waals surface area contributed by atoms with Crippen molar-refractivity contribution in [2.24, 2.45) is 0 Å². The topological polar surface area (TPSA) is 60.8 Å². The summed E-state index contributed by atoms with van der Waals surface area (Å²) in [6.45, 7) is 0. The average molecular weight is 193 g/mol. The summed E-state index contributed by atoms with van der Waals surface area (Å²) >= 11 is 0. The summed E-state index contributed by atoms with van der Waals surface area (Å²) in [5.41, 5.74) is 1.53. The molecule has 0 fully saturated rings. The van der Waals surface area contributed by atoms with Gasteiger partial charge >= 0.3 is 5.97 Å². The maximum atomic E-state index is 10.9. The zero-order chi connectivity index (χ0) is 10.3. The van der Waals surface area contributed by atoms with E-state index in [-0.39, 0.29) is 5.75 Å². The number of likely N-dealkylation sites (N-methyl/N-ethyl adjacent to an activating group) is 1. The molecule has 1 aliphatic rings. The van der Waals surface area contributed by atoms with Crippen LogP contribution in [0.1, 0.15) is 5.56 Å². The molecule has 0 bridgehead atoms. The van der Waals surface area contributed by atoms with E-state index in [1.807, 2.05) is 6.07 Å². The number of carbonyl (C=O) groups is 1. The number of phenols is 1. The highest BCUT2D eigenvalue weighted by atomic mass is 16.4. The molecule has 0 saturated carbocycles. The quantitative estimate of drug-likeness (QED) is 0.693. The number of aromatic hydroxyl groups is 1. The minimum atomic E-state index is -0.858. The molecule has 14 heavy (non-hydrogen) atoms. The minimum absolute atomic E-state index is 0.179. The van der Waals surface area contributed by atoms with Gasteiger partial charge in [0.05, 0.1) is 0 Å². The first-order chi connectivity index (χ1) is 6.61. The number of benzene rings is 1. The molecule has 1 atom stereocenters. The van der Waals surface area contributed by atoms with Gasteiger partial charge in [0.25, 0.3) is 0 Å². The first kappa shape index (κ1) is 8.87. The van der Waals surface area contributed by atoms with E-state index in [0.29, 0.717) is 6.42 Å². The molecule has 4 nitrogen and oxygen atoms in total. The molecule has 74 valence electrons. The Kier molecular flexibility index (Phi) is 1.84. The molecule has 1 aliphatic heterocycles. The maximum Gasteiger partial charge on any atom is 0.326 e. The van der Waals surface area contributed by atoms with Crippen molar-refractivity contribution in [3.8, 4) is 5.75 Å². The van der Waals surface area contributed by atoms with Gasteiger partial charge in [-0.15, -0.1) is 0 Å². The molecular weight excluding hydrogens is 182 g/mol. The van der Waals surface area contributed by atoms with Crippen LogP contribution in [-0.4, -0.2) is 29.3 Å². The van der Waals surface area contributed by atoms with E-state index in [9.17, 15) is 9.90 Å². The van der Waals surface area contributed by atoms with Crippen molar-refractivity contribution < 1.29 is 15.0 Å². The summed E-state index contributed by atoms with van der Waals surface area (Å²) in [6, 6.07) is 4.56. The fourth-order valence-corrected chi connectivity index (χ4v) is 1.85. The second-order valence-corrected chi connectivity index (χ2v) is 3.44. The Bertz CT molecular complexity index is 389. The molecule has 1 aromatic carbocycles. The highest BCUT2D eigenvalue weighted by Crippen LogP contribution is 2.36. The molecule has 0 radical (unpaired) electrons. The molecule has 2 rings (SSSR count). The van der Waals surface area contributed by atoms with Gasteiger partial charge < -0.3 is 15.1 Å². The highest BCUT2D eigenvalue weighted by Gasteiger charge is 2.33. The summed E-state index contributed by atoms with van der Waals surface area (Å²) < 4.78 is 0. The zero-order valence-electron chi connectivity index (χ0n) is 7.77. The van der Waals surface area contributed by atoms with E-state index >= 15 is 0 Å². The molecule has 0 spiro atoms. The van der Waals surface area contributed by atoms with Gasteiger partial charge in [-0.05, 0) is 12.1 Å². The van der Waals surface area contributed by atoms with Crippen molar-refractivity contribution in [2.45, 2.75) is 12.5 Å². The summed E-state index contributed by atoms with van der Waals surface area (Å²) in [7, 11) is 1.73. The Balaban J connectivity index is 2.45. The van der Waals surface area contributed by atoms with Crippen LogP contribution in [-0.2, 0) is 11.2 Å². The first-order valence-corrected chi connectivity index (χ1v) is 4.37. The second-order valence-electron chi connectivity index (χ2n) is 3.44. The number of nitrogens with zero attached hydrogens (tertiary/aromatic N) is 1. The van der Waals surface area contributed by atoms with E-state index in [2.05, 4.69) is 0 Å². The van der Waals surface area contributed by atoms with E-state index in [4.69, 9.17) is 5.11 Å². The largest absolute Gasteiger partial charge is 0.508 e. The summed E-state index contributed by atoms with van der Waals surface area (Å²) in [4.78, 5) is 12.5. The fourth-order valence-electron chi connectivity index (χ4n) is 1.85. The van der Waals surface area contributed by atoms with Crippen molar-refractivity contribution >= 4 is 11.7 Å². The summed E-state index contributed by atoms with van der Waals surface area (Å²) in [5.74, 6) is -0.679. The van der Waals surface area contributed by atoms with Crippen LogP contribution in [0.5, 0.6) is 5.75 Å². The highest BCUT2D eigenvalue weighted by molar-refractivity contribution is 5.83. The van der Waals surface area contributed by atoms with Gasteiger partial charge in [-0.25, -0.2) is 4.79 Å². The number of carboxylic acids is 1. The Morgan fingerprint density at radius 2 is 2.29 bits per heavy atom. The Hall–Kier alpha value is -1.71. The monoisotopic (exact) mass is 193 g/mol. The fraction of sp³-hybridized carbons (Fsp3) is 0.300. The predicted octanol–water partition coefficient (Wildman–Crippen LogP) is 0.838. The van der Waals surface area contributed by atoms with Crippen molar-refractivity contribution in [3.05, 3.63) is 23.8 Å². The number of phenolic OH excluding ortho intramolecular Hbond substituents is 1. The van der Waals surface area contributed by atoms with Gasteiger partial charge in [-0.1, -0.05) is 6.07 Å². The summed E-state index contributed by atoms with van der Waals surface area (Å²) in [6.07, 6.45) is 0.369. The summed E-state index contributed by atoms with van der Waals surface area (Å²) in [5, 5.41) is 18.5. The molecular formula is C10H11NO3. The molecule has 0 aromatic heterocycles. The SMILES string of the molecule is CN1c2cccc(O)c2CC1C(=O)O. The number of aliphatic carboxylic acids is 1. The number of hydrogen-bond acceptors (Lipinski definition) is 3. The van der Waals surface area contributed by atoms with E-state index in [1.165, 1.54) is 0 Å². The number of rotatable bonds is 1. The number of hydrogen-bond donors (Lipinski definition) is 2. The van der Waals surface area contributed by atoms with Crippen molar-refractivity contribution in [1.82, 2.24) is 0 Å². The van der Waals surface area contributed by atoms with Crippen LogP contribution >= 0.6 is 0 Å². The molecule has 1 unspecified atom stereocenters. The molecule has 0 saturated heterocycles. The lowest BCUT2D eigenvalue weighted by Gasteiger charge is -2.18. The standard InChI is InChI=1S/C10H11NO3/c1-11-7-3-2-4-9(12)6(7)5-8(11)10(13)14/h2-4,8,12H,5H2,1H3,(H,13,14). The van der Waals surface area contributed by atoms with Crippen LogP contribution in [0.15, 0.2) is 18.2 Å². The zero-order valence-corrected chi connectivity index (χ0v) is 7.77. The van der Waals surface area contributed by atoms with Crippen LogP contribution in [0.25, 0.3) is 0 Å². The van der Waals surface area contributed by atoms with E-state index in [1.54, 1.807) is 24.1 Å². The molecule has 1 aromatic rings. The van der Waals surface area contributed by atoms with Gasteiger partial charge in [0.15, 0.2) is 0 Å². The first-order valence-electron chi connectivity index (χ1n) is 4.37. The van der Waals surface area contributed by atoms with E-state index < -0.39 is 12.0 Å². The van der Waals surface area contributed by atoms with Gasteiger partial charge in [0.2, 0.25) is 0 Å². The minimum Gasteiger partial charge on any atom is -0.508 e. The van der Waals surface area contributed by atoms with Crippen LogP contribution in [0.2, 0.25) is 0 Å². The lowest BCUT2D eigenvalue weighted by molar-refractivity contribution is -0.138. The molecule has 2 N–H and O–H groups in total. The Labute approximate surface area is 81.4 Å². The smallest absolute Gasteiger partial charge is 0.326 e. The maximum absolute atomic E-state index is 10.9. The lowest BCUT2D eigenvalue weighted by atomic mass is 10.1. The van der Waals surface area contributed by atoms with Gasteiger partial charge in [-0.2, -0.15) is 0 Å². The van der Waals surface area contributed by atoms with Crippen molar-refractivity contribution in [3.63, 3.8) is 0 Å². The van der Waals surface area contributed by atoms with Crippen molar-refractivity contribution in [2.75, 3.05) is 11.9 Å². The second kappa shape index (κ2) is 2.90. The number of anilines is 1. The molecule has 1 heterocycles. The molecule has 0 aliphatic carbocycles. The molecule has 4 heteroatoms. The lowest BCUT2D eigenvalue weighted by Crippen LogP contribution is -2.35. The Morgan fingerprint density at radius 1 is 1.57 bits per heavy atom. The third-order valence-electron chi connectivity index (χ3n) is 2.66. The van der Waals surface area contributed by atoms with Gasteiger partial charge in [0.1, 0.15) is 11.8 Å². The third kappa shape index (κ3) is 1.11. The van der Waals surface area contributed by atoms with Crippen LogP contribution in [0, 0.1) is 0 Å². The van der Waals surface area contributed by atoms with E-state index in [0.717, 1.165) is 11.3 Å². The van der Waals surface area contributed by atoms with Crippen LogP contribution in [0.4, 0.5) is 5.69 Å². The number of carboxylic acid groups (broad SMARTS) is 1. The number of fused-ring (bicyclic) bond motifs is 1. The predicted molar refractivity (Wildman–Crippen MR) is 51.6 cm³/mol. The molecule has 0 amide bonds. The normalized spacial score (nSPS) is 19.5. The van der Waals surface area contributed by atoms with Crippen molar-refractivity contribution in [1.29, 1.82) is 0 Å². The van der Waals surface area contributed by atoms with Crippen LogP contribution < -0.4 is 4.90 Å². The van der Waals surface area contributed by atoms with Crippen LogP contribution in [0.3, 0.4) is 0 Å².